The summed E-state index contributed by atoms with van der Waals surface area (Å²) in [5.41, 5.74) is 6.45. The highest BCUT2D eigenvalue weighted by atomic mass is 16.5. The quantitative estimate of drug-likeness (QED) is 0.518. The molecule has 9 nitrogen and oxygen atoms in total. The molecular formula is C30H39N5O4. The first-order chi connectivity index (χ1) is 18.9. The number of rotatable bonds is 7. The van der Waals surface area contributed by atoms with Gasteiger partial charge >= 0.3 is 11.9 Å². The zero-order valence-electron chi connectivity index (χ0n) is 22.6. The first kappa shape index (κ1) is 24.1. The number of esters is 2. The van der Waals surface area contributed by atoms with E-state index in [2.05, 4.69) is 15.0 Å². The molecule has 208 valence electrons. The molecule has 0 unspecified atom stereocenters. The van der Waals surface area contributed by atoms with Gasteiger partial charge in [0.05, 0.1) is 17.2 Å². The van der Waals surface area contributed by atoms with Gasteiger partial charge in [0, 0.05) is 0 Å². The number of aromatic nitrogens is 4. The minimum atomic E-state index is -0.431. The van der Waals surface area contributed by atoms with Crippen LogP contribution in [0, 0.1) is 46.3 Å². The van der Waals surface area contributed by atoms with Crippen molar-refractivity contribution in [2.45, 2.75) is 83.1 Å². The molecule has 0 saturated heterocycles. The molecule has 8 saturated carbocycles. The topological polar surface area (TPSA) is 122 Å². The van der Waals surface area contributed by atoms with E-state index in [0.717, 1.165) is 38.5 Å². The van der Waals surface area contributed by atoms with Gasteiger partial charge in [-0.1, -0.05) is 0 Å². The average Bonchev–Trinajstić information content (AvgIpc) is 3.32. The second kappa shape index (κ2) is 8.64. The summed E-state index contributed by atoms with van der Waals surface area (Å²) in [6.45, 7) is 0.230. The van der Waals surface area contributed by atoms with Crippen LogP contribution < -0.4 is 5.73 Å². The van der Waals surface area contributed by atoms with E-state index in [9.17, 15) is 9.59 Å². The first-order valence-electron chi connectivity index (χ1n) is 15.2. The smallest absolute Gasteiger partial charge is 0.312 e. The maximum absolute atomic E-state index is 13.7. The number of hydrogen-bond donors (Lipinski definition) is 1. The molecular weight excluding hydrogens is 494 g/mol. The fraction of sp³-hybridized carbons (Fsp3) is 0.767. The van der Waals surface area contributed by atoms with Gasteiger partial charge in [0.15, 0.2) is 11.5 Å². The lowest BCUT2D eigenvalue weighted by atomic mass is 9.49. The average molecular weight is 534 g/mol. The SMILES string of the molecule is Nc1ncnc2c1ncn2C(COC(=O)C12CC3CC(CC(C3)C1)C2)COC(=O)C12CC3CC(CC(C3)C1)C2. The maximum atomic E-state index is 13.7. The Hall–Kier alpha value is -2.71. The number of carbonyl (C=O) groups is 2. The minimum absolute atomic E-state index is 0.0717. The molecule has 0 spiro atoms. The molecule has 10 rings (SSSR count). The summed E-state index contributed by atoms with van der Waals surface area (Å²) in [6.07, 6.45) is 16.5. The molecule has 0 aliphatic heterocycles. The van der Waals surface area contributed by atoms with Crippen LogP contribution in [0.5, 0.6) is 0 Å². The van der Waals surface area contributed by atoms with Crippen molar-refractivity contribution in [2.75, 3.05) is 18.9 Å². The third kappa shape index (κ3) is 3.89. The van der Waals surface area contributed by atoms with Crippen LogP contribution in [0.3, 0.4) is 0 Å². The molecule has 0 atom stereocenters. The van der Waals surface area contributed by atoms with Crippen LogP contribution >= 0.6 is 0 Å². The summed E-state index contributed by atoms with van der Waals surface area (Å²) < 4.78 is 14.1. The molecule has 8 aliphatic rings. The van der Waals surface area contributed by atoms with Crippen molar-refractivity contribution in [2.24, 2.45) is 46.3 Å². The predicted octanol–water partition coefficient (Wildman–Crippen LogP) is 4.47. The van der Waals surface area contributed by atoms with Gasteiger partial charge in [-0.25, -0.2) is 15.0 Å². The van der Waals surface area contributed by atoms with Gasteiger partial charge in [-0.3, -0.25) is 9.59 Å². The largest absolute Gasteiger partial charge is 0.463 e. The van der Waals surface area contributed by atoms with Crippen molar-refractivity contribution in [1.82, 2.24) is 19.5 Å². The van der Waals surface area contributed by atoms with Gasteiger partial charge in [-0.2, -0.15) is 0 Å². The van der Waals surface area contributed by atoms with Gasteiger partial charge in [0.2, 0.25) is 0 Å². The third-order valence-corrected chi connectivity index (χ3v) is 11.5. The van der Waals surface area contributed by atoms with Crippen LogP contribution in [0.1, 0.15) is 83.1 Å². The maximum Gasteiger partial charge on any atom is 0.312 e. The monoisotopic (exact) mass is 533 g/mol. The summed E-state index contributed by atoms with van der Waals surface area (Å²) in [7, 11) is 0. The van der Waals surface area contributed by atoms with Crippen molar-refractivity contribution in [1.29, 1.82) is 0 Å². The number of nitrogens with zero attached hydrogens (tertiary/aromatic N) is 4. The van der Waals surface area contributed by atoms with E-state index in [1.807, 2.05) is 4.57 Å². The van der Waals surface area contributed by atoms with Gasteiger partial charge < -0.3 is 19.8 Å². The van der Waals surface area contributed by atoms with Crippen molar-refractivity contribution >= 4 is 28.9 Å². The molecule has 8 bridgehead atoms. The number of ether oxygens (including phenoxy) is 2. The Morgan fingerprint density at radius 1 is 0.769 bits per heavy atom. The predicted molar refractivity (Wildman–Crippen MR) is 142 cm³/mol. The third-order valence-electron chi connectivity index (χ3n) is 11.5. The van der Waals surface area contributed by atoms with E-state index in [1.165, 1.54) is 44.9 Å². The highest BCUT2D eigenvalue weighted by Crippen LogP contribution is 2.61. The molecule has 2 N–H and O–H groups in total. The van der Waals surface area contributed by atoms with Crippen molar-refractivity contribution in [3.05, 3.63) is 12.7 Å². The summed E-state index contributed by atoms with van der Waals surface area (Å²) >= 11 is 0. The molecule has 2 heterocycles. The second-order valence-electron chi connectivity index (χ2n) is 14.3. The van der Waals surface area contributed by atoms with E-state index in [4.69, 9.17) is 15.2 Å². The summed E-state index contributed by atoms with van der Waals surface area (Å²) in [4.78, 5) is 40.2. The molecule has 9 heteroatoms. The van der Waals surface area contributed by atoms with Crippen LogP contribution in [-0.4, -0.2) is 44.7 Å². The fourth-order valence-corrected chi connectivity index (χ4v) is 10.7. The Morgan fingerprint density at radius 2 is 1.21 bits per heavy atom. The number of hydrogen-bond acceptors (Lipinski definition) is 8. The lowest BCUT2D eigenvalue weighted by molar-refractivity contribution is -0.176. The van der Waals surface area contributed by atoms with Crippen molar-refractivity contribution < 1.29 is 19.1 Å². The van der Waals surface area contributed by atoms with Crippen molar-refractivity contribution in [3.63, 3.8) is 0 Å². The molecule has 0 amide bonds. The molecule has 0 radical (unpaired) electrons. The summed E-state index contributed by atoms with van der Waals surface area (Å²) in [5, 5.41) is 0. The number of fused-ring (bicyclic) bond motifs is 1. The Kier molecular flexibility index (Phi) is 5.34. The van der Waals surface area contributed by atoms with Gasteiger partial charge in [-0.05, 0) is 113 Å². The van der Waals surface area contributed by atoms with E-state index in [1.54, 1.807) is 6.33 Å². The van der Waals surface area contributed by atoms with E-state index in [0.29, 0.717) is 52.5 Å². The number of nitrogen functional groups attached to an aromatic ring is 1. The minimum Gasteiger partial charge on any atom is -0.463 e. The Bertz CT molecular complexity index is 1190. The molecule has 2 aromatic rings. The number of nitrogens with two attached hydrogens (primary N) is 1. The Labute approximate surface area is 228 Å². The normalized spacial score (nSPS) is 40.2. The van der Waals surface area contributed by atoms with E-state index >= 15 is 0 Å². The molecule has 8 fully saturated rings. The van der Waals surface area contributed by atoms with Crippen LogP contribution in [0.25, 0.3) is 11.2 Å². The fourth-order valence-electron chi connectivity index (χ4n) is 10.7. The van der Waals surface area contributed by atoms with E-state index in [-0.39, 0.29) is 36.0 Å². The Morgan fingerprint density at radius 3 is 1.64 bits per heavy atom. The molecule has 39 heavy (non-hydrogen) atoms. The van der Waals surface area contributed by atoms with Crippen LogP contribution in [-0.2, 0) is 19.1 Å². The molecule has 8 aliphatic carbocycles. The van der Waals surface area contributed by atoms with Crippen LogP contribution in [0.15, 0.2) is 12.7 Å². The lowest BCUT2D eigenvalue weighted by Gasteiger charge is -2.55. The summed E-state index contributed by atoms with van der Waals surface area (Å²) in [6, 6.07) is -0.431. The number of anilines is 1. The Balaban J connectivity index is 1.02. The number of carbonyl (C=O) groups excluding carboxylic acids is 2. The van der Waals surface area contributed by atoms with Gasteiger partial charge in [0.25, 0.3) is 0 Å². The molecule has 2 aromatic heterocycles. The van der Waals surface area contributed by atoms with E-state index < -0.39 is 6.04 Å². The standard InChI is InChI=1S/C30H39N5O4/c31-25-24-26(33-15-32-25)35(16-34-24)23(13-38-27(36)29-7-17-1-18(8-29)3-19(2-17)9-29)14-39-28(37)30-10-20-4-21(11-30)6-22(5-20)12-30/h15-23H,1-14H2,(H2,31,32,33). The summed E-state index contributed by atoms with van der Waals surface area (Å²) in [5.74, 6) is 4.15. The lowest BCUT2D eigenvalue weighted by Crippen LogP contribution is -2.51. The highest BCUT2D eigenvalue weighted by molar-refractivity contribution is 5.81. The first-order valence-corrected chi connectivity index (χ1v) is 15.2. The highest BCUT2D eigenvalue weighted by Gasteiger charge is 2.57. The van der Waals surface area contributed by atoms with Gasteiger partial charge in [-0.15, -0.1) is 0 Å². The van der Waals surface area contributed by atoms with Crippen LogP contribution in [0.2, 0.25) is 0 Å². The second-order valence-corrected chi connectivity index (χ2v) is 14.3. The number of imidazole rings is 1. The zero-order chi connectivity index (χ0) is 26.4. The van der Waals surface area contributed by atoms with Crippen molar-refractivity contribution in [3.8, 4) is 0 Å². The zero-order valence-corrected chi connectivity index (χ0v) is 22.6. The molecule has 0 aromatic carbocycles. The van der Waals surface area contributed by atoms with Crippen LogP contribution in [0.4, 0.5) is 5.82 Å². The van der Waals surface area contributed by atoms with Gasteiger partial charge in [0.1, 0.15) is 31.1 Å².